The van der Waals surface area contributed by atoms with Gasteiger partial charge in [0.25, 0.3) is 0 Å². The lowest BCUT2D eigenvalue weighted by Crippen LogP contribution is -2.36. The van der Waals surface area contributed by atoms with E-state index < -0.39 is 11.9 Å². The standard InChI is InChI=1S/C19H21FN4O/c1-11(2)9-17(21)19(25)24-12-3-4-14(16(20)10-12)13-5-7-22-18-15(13)6-8-23-18/h3-8,10-11,17H,9,21H2,1-2H3,(H,22,23)(H,24,25)/t17-/m1/s1. The molecule has 3 rings (SSSR count). The third kappa shape index (κ3) is 3.69. The number of H-pyrrole nitrogens is 1. The van der Waals surface area contributed by atoms with Crippen molar-refractivity contribution in [1.29, 1.82) is 0 Å². The monoisotopic (exact) mass is 340 g/mol. The molecule has 2 aromatic heterocycles. The molecule has 0 saturated heterocycles. The highest BCUT2D eigenvalue weighted by Gasteiger charge is 2.16. The van der Waals surface area contributed by atoms with Crippen LogP contribution in [0.5, 0.6) is 0 Å². The maximum absolute atomic E-state index is 14.6. The molecule has 130 valence electrons. The molecule has 5 nitrogen and oxygen atoms in total. The van der Waals surface area contributed by atoms with Gasteiger partial charge in [-0.2, -0.15) is 0 Å². The van der Waals surface area contributed by atoms with Gasteiger partial charge in [0.2, 0.25) is 5.91 Å². The molecule has 1 atom stereocenters. The van der Waals surface area contributed by atoms with E-state index in [1.165, 1.54) is 6.07 Å². The van der Waals surface area contributed by atoms with Crippen LogP contribution in [0.15, 0.2) is 42.7 Å². The Morgan fingerprint density at radius 2 is 2.08 bits per heavy atom. The summed E-state index contributed by atoms with van der Waals surface area (Å²) in [5, 5.41) is 3.52. The van der Waals surface area contributed by atoms with Crippen molar-refractivity contribution in [2.24, 2.45) is 11.7 Å². The number of hydrogen-bond donors (Lipinski definition) is 3. The number of nitrogens with zero attached hydrogens (tertiary/aromatic N) is 1. The summed E-state index contributed by atoms with van der Waals surface area (Å²) in [4.78, 5) is 19.3. The number of fused-ring (bicyclic) bond motifs is 1. The van der Waals surface area contributed by atoms with Crippen molar-refractivity contribution in [3.8, 4) is 11.1 Å². The molecule has 2 heterocycles. The Balaban J connectivity index is 1.84. The first kappa shape index (κ1) is 17.1. The minimum Gasteiger partial charge on any atom is -0.346 e. The Hall–Kier alpha value is -2.73. The predicted molar refractivity (Wildman–Crippen MR) is 97.5 cm³/mol. The van der Waals surface area contributed by atoms with Crippen LogP contribution in [0.3, 0.4) is 0 Å². The van der Waals surface area contributed by atoms with Crippen molar-refractivity contribution in [1.82, 2.24) is 9.97 Å². The Bertz CT molecular complexity index is 903. The maximum atomic E-state index is 14.6. The number of amides is 1. The maximum Gasteiger partial charge on any atom is 0.241 e. The smallest absolute Gasteiger partial charge is 0.241 e. The number of benzene rings is 1. The molecular weight excluding hydrogens is 319 g/mol. The van der Waals surface area contributed by atoms with Gasteiger partial charge in [-0.05, 0) is 48.2 Å². The number of pyridine rings is 1. The number of carbonyl (C=O) groups excluding carboxylic acids is 1. The summed E-state index contributed by atoms with van der Waals surface area (Å²) in [6, 6.07) is 7.66. The highest BCUT2D eigenvalue weighted by atomic mass is 19.1. The van der Waals surface area contributed by atoms with Gasteiger partial charge < -0.3 is 16.0 Å². The van der Waals surface area contributed by atoms with Crippen molar-refractivity contribution < 1.29 is 9.18 Å². The van der Waals surface area contributed by atoms with Gasteiger partial charge in [0.15, 0.2) is 0 Å². The van der Waals surface area contributed by atoms with Gasteiger partial charge in [0.05, 0.1) is 6.04 Å². The van der Waals surface area contributed by atoms with E-state index in [2.05, 4.69) is 15.3 Å². The van der Waals surface area contributed by atoms with Crippen LogP contribution in [0, 0.1) is 11.7 Å². The van der Waals surface area contributed by atoms with Gasteiger partial charge in [-0.15, -0.1) is 0 Å². The number of rotatable bonds is 5. The summed E-state index contributed by atoms with van der Waals surface area (Å²) in [5.41, 5.74) is 8.16. The summed E-state index contributed by atoms with van der Waals surface area (Å²) in [6.45, 7) is 4.00. The zero-order valence-corrected chi connectivity index (χ0v) is 14.2. The number of nitrogens with one attached hydrogen (secondary N) is 2. The van der Waals surface area contributed by atoms with E-state index in [9.17, 15) is 9.18 Å². The molecule has 3 aromatic rings. The van der Waals surface area contributed by atoms with Crippen LogP contribution in [0.4, 0.5) is 10.1 Å². The topological polar surface area (TPSA) is 83.8 Å². The van der Waals surface area contributed by atoms with Crippen LogP contribution in [-0.4, -0.2) is 21.9 Å². The molecule has 0 aliphatic carbocycles. The number of anilines is 1. The van der Waals surface area contributed by atoms with Crippen LogP contribution in [-0.2, 0) is 4.79 Å². The normalized spacial score (nSPS) is 12.5. The zero-order valence-electron chi connectivity index (χ0n) is 14.2. The molecule has 0 unspecified atom stereocenters. The van der Waals surface area contributed by atoms with Gasteiger partial charge >= 0.3 is 0 Å². The minimum atomic E-state index is -0.609. The van der Waals surface area contributed by atoms with Gasteiger partial charge in [-0.1, -0.05) is 13.8 Å². The first-order chi connectivity index (χ1) is 12.0. The van der Waals surface area contributed by atoms with Gasteiger partial charge in [-0.25, -0.2) is 9.37 Å². The van der Waals surface area contributed by atoms with E-state index in [1.54, 1.807) is 30.6 Å². The van der Waals surface area contributed by atoms with Crippen LogP contribution in [0.1, 0.15) is 20.3 Å². The lowest BCUT2D eigenvalue weighted by atomic mass is 10.0. The summed E-state index contributed by atoms with van der Waals surface area (Å²) >= 11 is 0. The third-order valence-corrected chi connectivity index (χ3v) is 4.05. The quantitative estimate of drug-likeness (QED) is 0.662. The molecular formula is C19H21FN4O. The van der Waals surface area contributed by atoms with E-state index in [0.717, 1.165) is 10.9 Å². The Morgan fingerprint density at radius 3 is 2.80 bits per heavy atom. The van der Waals surface area contributed by atoms with Crippen molar-refractivity contribution >= 4 is 22.6 Å². The first-order valence-corrected chi connectivity index (χ1v) is 8.24. The average molecular weight is 340 g/mol. The van der Waals surface area contributed by atoms with Crippen molar-refractivity contribution in [3.05, 3.63) is 48.5 Å². The third-order valence-electron chi connectivity index (χ3n) is 4.05. The second-order valence-corrected chi connectivity index (χ2v) is 6.52. The summed E-state index contributed by atoms with van der Waals surface area (Å²) in [6.07, 6.45) is 3.98. The summed E-state index contributed by atoms with van der Waals surface area (Å²) in [5.74, 6) is -0.406. The lowest BCUT2D eigenvalue weighted by molar-refractivity contribution is -0.117. The molecule has 0 spiro atoms. The number of nitrogens with two attached hydrogens (primary N) is 1. The van der Waals surface area contributed by atoms with Gasteiger partial charge in [0.1, 0.15) is 11.5 Å². The van der Waals surface area contributed by atoms with Gasteiger partial charge in [0, 0.05) is 29.0 Å². The fraction of sp³-hybridized carbons (Fsp3) is 0.263. The molecule has 1 aromatic carbocycles. The SMILES string of the molecule is CC(C)C[C@@H](N)C(=O)Nc1ccc(-c2ccnc3[nH]ccc23)c(F)c1. The summed E-state index contributed by atoms with van der Waals surface area (Å²) in [7, 11) is 0. The number of aromatic amines is 1. The van der Waals surface area contributed by atoms with Crippen molar-refractivity contribution in [2.75, 3.05) is 5.32 Å². The Morgan fingerprint density at radius 1 is 1.28 bits per heavy atom. The fourth-order valence-corrected chi connectivity index (χ4v) is 2.86. The Kier molecular flexibility index (Phi) is 4.81. The molecule has 0 fully saturated rings. The van der Waals surface area contributed by atoms with E-state index in [-0.39, 0.29) is 5.91 Å². The molecule has 0 aliphatic heterocycles. The van der Waals surface area contributed by atoms with Crippen LogP contribution >= 0.6 is 0 Å². The van der Waals surface area contributed by atoms with E-state index in [4.69, 9.17) is 5.73 Å². The first-order valence-electron chi connectivity index (χ1n) is 8.24. The van der Waals surface area contributed by atoms with E-state index in [1.807, 2.05) is 19.9 Å². The largest absolute Gasteiger partial charge is 0.346 e. The van der Waals surface area contributed by atoms with Crippen molar-refractivity contribution in [3.63, 3.8) is 0 Å². The highest BCUT2D eigenvalue weighted by molar-refractivity contribution is 5.96. The number of carbonyl (C=O) groups is 1. The predicted octanol–water partition coefficient (Wildman–Crippen LogP) is 3.68. The van der Waals surface area contributed by atoms with Crippen molar-refractivity contribution in [2.45, 2.75) is 26.3 Å². The number of aromatic nitrogens is 2. The molecule has 0 bridgehead atoms. The fourth-order valence-electron chi connectivity index (χ4n) is 2.86. The lowest BCUT2D eigenvalue weighted by Gasteiger charge is -2.14. The number of hydrogen-bond acceptors (Lipinski definition) is 3. The van der Waals surface area contributed by atoms with E-state index in [0.29, 0.717) is 29.2 Å². The minimum absolute atomic E-state index is 0.308. The summed E-state index contributed by atoms with van der Waals surface area (Å²) < 4.78 is 14.6. The van der Waals surface area contributed by atoms with Crippen LogP contribution < -0.4 is 11.1 Å². The second kappa shape index (κ2) is 7.03. The van der Waals surface area contributed by atoms with Gasteiger partial charge in [-0.3, -0.25) is 4.79 Å². The zero-order chi connectivity index (χ0) is 18.0. The number of halogens is 1. The van der Waals surface area contributed by atoms with Crippen LogP contribution in [0.25, 0.3) is 22.2 Å². The molecule has 25 heavy (non-hydrogen) atoms. The molecule has 4 N–H and O–H groups in total. The average Bonchev–Trinajstić information content (AvgIpc) is 3.03. The second-order valence-electron chi connectivity index (χ2n) is 6.52. The molecule has 0 radical (unpaired) electrons. The molecule has 1 amide bonds. The highest BCUT2D eigenvalue weighted by Crippen LogP contribution is 2.30. The molecule has 0 saturated carbocycles. The molecule has 6 heteroatoms. The van der Waals surface area contributed by atoms with Crippen LogP contribution in [0.2, 0.25) is 0 Å². The molecule has 0 aliphatic rings. The van der Waals surface area contributed by atoms with E-state index >= 15 is 0 Å². The Labute approximate surface area is 145 Å².